The topological polar surface area (TPSA) is 34.1 Å². The maximum absolute atomic E-state index is 12.4. The molecule has 0 heterocycles. The number of halogens is 1. The molecule has 0 aromatic heterocycles. The van der Waals surface area contributed by atoms with E-state index in [1.807, 2.05) is 6.08 Å². The molecule has 4 aliphatic rings. The average Bonchev–Trinajstić information content (AvgIpc) is 2.82. The van der Waals surface area contributed by atoms with Crippen LogP contribution in [0.1, 0.15) is 45.4 Å². The largest absolute Gasteiger partial charge is 0.299 e. The summed E-state index contributed by atoms with van der Waals surface area (Å²) < 4.78 is 1.05. The van der Waals surface area contributed by atoms with E-state index in [1.54, 1.807) is 6.08 Å². The molecule has 118 valence electrons. The van der Waals surface area contributed by atoms with Crippen molar-refractivity contribution in [1.82, 2.24) is 0 Å². The van der Waals surface area contributed by atoms with Crippen LogP contribution in [0.15, 0.2) is 23.8 Å². The van der Waals surface area contributed by atoms with Crippen molar-refractivity contribution < 1.29 is 9.59 Å². The van der Waals surface area contributed by atoms with Gasteiger partial charge >= 0.3 is 0 Å². The first-order valence-electron chi connectivity index (χ1n) is 8.55. The molecule has 0 aromatic carbocycles. The number of ketones is 2. The summed E-state index contributed by atoms with van der Waals surface area (Å²) in [7, 11) is 0. The highest BCUT2D eigenvalue weighted by Crippen LogP contribution is 2.63. The lowest BCUT2D eigenvalue weighted by Gasteiger charge is -2.56. The second-order valence-electron chi connectivity index (χ2n) is 7.91. The van der Waals surface area contributed by atoms with Gasteiger partial charge in [-0.3, -0.25) is 9.59 Å². The average molecular weight is 410 g/mol. The van der Waals surface area contributed by atoms with Crippen LogP contribution in [0.2, 0.25) is 0 Å². The molecule has 4 rings (SSSR count). The van der Waals surface area contributed by atoms with Gasteiger partial charge in [0.1, 0.15) is 5.78 Å². The predicted molar refractivity (Wildman–Crippen MR) is 94.8 cm³/mol. The lowest BCUT2D eigenvalue weighted by Crippen LogP contribution is -2.51. The third-order valence-corrected chi connectivity index (χ3v) is 8.50. The summed E-state index contributed by atoms with van der Waals surface area (Å²) in [6, 6.07) is 0. The molecule has 3 fully saturated rings. The molecule has 0 amide bonds. The second kappa shape index (κ2) is 5.02. The van der Waals surface area contributed by atoms with E-state index < -0.39 is 0 Å². The van der Waals surface area contributed by atoms with Gasteiger partial charge in [-0.15, -0.1) is 0 Å². The van der Waals surface area contributed by atoms with E-state index in [0.717, 1.165) is 36.5 Å². The molecule has 0 radical (unpaired) electrons. The van der Waals surface area contributed by atoms with Crippen molar-refractivity contribution in [1.29, 1.82) is 0 Å². The molecule has 5 atom stereocenters. The van der Waals surface area contributed by atoms with Crippen LogP contribution in [-0.4, -0.2) is 16.0 Å². The minimum atomic E-state index is -0.0525. The lowest BCUT2D eigenvalue weighted by atomic mass is 9.48. The quantitative estimate of drug-likeness (QED) is 0.478. The monoisotopic (exact) mass is 410 g/mol. The van der Waals surface area contributed by atoms with E-state index in [0.29, 0.717) is 23.5 Å². The van der Waals surface area contributed by atoms with Gasteiger partial charge < -0.3 is 0 Å². The van der Waals surface area contributed by atoms with Gasteiger partial charge in [0.15, 0.2) is 5.78 Å². The number of carbonyl (C=O) groups is 2. The molecular weight excluding hydrogens is 387 g/mol. The van der Waals surface area contributed by atoms with Crippen LogP contribution in [0.4, 0.5) is 0 Å². The van der Waals surface area contributed by atoms with Crippen LogP contribution in [0.3, 0.4) is 0 Å². The number of hydrogen-bond acceptors (Lipinski definition) is 2. The third kappa shape index (κ3) is 1.83. The van der Waals surface area contributed by atoms with Gasteiger partial charge in [0.05, 0.1) is 0 Å². The molecular formula is C19H23IO2. The fourth-order valence-corrected chi connectivity index (χ4v) is 7.32. The number of allylic oxidation sites excluding steroid dienone is 4. The van der Waals surface area contributed by atoms with Crippen LogP contribution < -0.4 is 0 Å². The Morgan fingerprint density at radius 1 is 1.18 bits per heavy atom. The van der Waals surface area contributed by atoms with Crippen molar-refractivity contribution in [3.05, 3.63) is 23.8 Å². The predicted octanol–water partition coefficient (Wildman–Crippen LogP) is 4.28. The van der Waals surface area contributed by atoms with Gasteiger partial charge in [-0.05, 0) is 62.0 Å². The Morgan fingerprint density at radius 2 is 2.00 bits per heavy atom. The Bertz CT molecular complexity index is 605. The third-order valence-electron chi connectivity index (χ3n) is 7.24. The summed E-state index contributed by atoms with van der Waals surface area (Å²) in [5.41, 5.74) is 1.40. The first-order valence-corrected chi connectivity index (χ1v) is 10.1. The second-order valence-corrected chi connectivity index (χ2v) is 8.68. The molecule has 22 heavy (non-hydrogen) atoms. The van der Waals surface area contributed by atoms with Crippen LogP contribution in [0.5, 0.6) is 0 Å². The number of Topliss-reactive ketones (excluding diaryl/α,β-unsaturated/α-hetero) is 1. The number of hydrogen-bond donors (Lipinski definition) is 0. The van der Waals surface area contributed by atoms with E-state index in [2.05, 4.69) is 35.6 Å². The minimum absolute atomic E-state index is 0.0525. The Labute approximate surface area is 145 Å². The highest BCUT2D eigenvalue weighted by atomic mass is 127. The molecule has 0 unspecified atom stereocenters. The summed E-state index contributed by atoms with van der Waals surface area (Å²) in [6.45, 7) is 2.23. The Balaban J connectivity index is 1.74. The molecule has 3 saturated carbocycles. The molecule has 0 bridgehead atoms. The van der Waals surface area contributed by atoms with Crippen molar-refractivity contribution in [2.24, 2.45) is 28.6 Å². The normalized spacial score (nSPS) is 46.8. The van der Waals surface area contributed by atoms with Crippen molar-refractivity contribution in [3.8, 4) is 0 Å². The highest BCUT2D eigenvalue weighted by Gasteiger charge is 2.59. The zero-order valence-electron chi connectivity index (χ0n) is 13.1. The molecule has 0 N–H and O–H groups in total. The van der Waals surface area contributed by atoms with Crippen molar-refractivity contribution >= 4 is 34.2 Å². The van der Waals surface area contributed by atoms with Gasteiger partial charge in [-0.25, -0.2) is 0 Å². The van der Waals surface area contributed by atoms with Gasteiger partial charge in [0.25, 0.3) is 0 Å². The van der Waals surface area contributed by atoms with Gasteiger partial charge in [-0.2, -0.15) is 0 Å². The standard InChI is InChI=1S/C19H23IO2/c1-18-8-7-16-14(15(18)4-5-17(18)22)3-2-12-10-13(21)6-9-19(12,16)11-20/h6,9-10,14-16H,2-5,7-8,11H2,1H3/t14-,15-,16-,18-,19+/m0/s1. The van der Waals surface area contributed by atoms with Crippen molar-refractivity contribution in [2.45, 2.75) is 45.4 Å². The molecule has 4 aliphatic carbocycles. The van der Waals surface area contributed by atoms with E-state index in [4.69, 9.17) is 0 Å². The molecule has 0 aromatic rings. The first-order chi connectivity index (χ1) is 10.5. The number of alkyl halides is 1. The van der Waals surface area contributed by atoms with Crippen LogP contribution in [0.25, 0.3) is 0 Å². The fraction of sp³-hybridized carbons (Fsp3) is 0.684. The summed E-state index contributed by atoms with van der Waals surface area (Å²) in [5.74, 6) is 2.53. The van der Waals surface area contributed by atoms with Gasteiger partial charge in [0, 0.05) is 21.7 Å². The zero-order chi connectivity index (χ0) is 15.5. The van der Waals surface area contributed by atoms with E-state index >= 15 is 0 Å². The van der Waals surface area contributed by atoms with Crippen LogP contribution >= 0.6 is 22.6 Å². The maximum Gasteiger partial charge on any atom is 0.178 e. The Kier molecular flexibility index (Phi) is 3.45. The first kappa shape index (κ1) is 15.1. The summed E-state index contributed by atoms with van der Waals surface area (Å²) >= 11 is 2.51. The van der Waals surface area contributed by atoms with Gasteiger partial charge in [-0.1, -0.05) is 41.2 Å². The molecule has 2 nitrogen and oxygen atoms in total. The van der Waals surface area contributed by atoms with E-state index in [-0.39, 0.29) is 16.6 Å². The Hall–Kier alpha value is -0.450. The lowest BCUT2D eigenvalue weighted by molar-refractivity contribution is -0.131. The zero-order valence-corrected chi connectivity index (χ0v) is 15.3. The van der Waals surface area contributed by atoms with Crippen molar-refractivity contribution in [2.75, 3.05) is 4.43 Å². The van der Waals surface area contributed by atoms with Gasteiger partial charge in [0.2, 0.25) is 0 Å². The van der Waals surface area contributed by atoms with Crippen molar-refractivity contribution in [3.63, 3.8) is 0 Å². The summed E-state index contributed by atoms with van der Waals surface area (Å²) in [4.78, 5) is 24.2. The smallest absolute Gasteiger partial charge is 0.178 e. The molecule has 0 saturated heterocycles. The number of carbonyl (C=O) groups excluding carboxylic acids is 2. The van der Waals surface area contributed by atoms with E-state index in [9.17, 15) is 9.59 Å². The highest BCUT2D eigenvalue weighted by molar-refractivity contribution is 14.1. The summed E-state index contributed by atoms with van der Waals surface area (Å²) in [6.07, 6.45) is 12.2. The Morgan fingerprint density at radius 3 is 2.77 bits per heavy atom. The minimum Gasteiger partial charge on any atom is -0.299 e. The fourth-order valence-electron chi connectivity index (χ4n) is 6.01. The van der Waals surface area contributed by atoms with E-state index in [1.165, 1.54) is 12.0 Å². The van der Waals surface area contributed by atoms with Crippen LogP contribution in [0, 0.1) is 28.6 Å². The molecule has 3 heteroatoms. The number of fused-ring (bicyclic) bond motifs is 5. The maximum atomic E-state index is 12.4. The molecule has 0 aliphatic heterocycles. The molecule has 0 spiro atoms. The number of rotatable bonds is 1. The summed E-state index contributed by atoms with van der Waals surface area (Å²) in [5, 5.41) is 0. The van der Waals surface area contributed by atoms with Crippen LogP contribution in [-0.2, 0) is 9.59 Å². The SMILES string of the molecule is C[C@]12CC[C@H]3[C@@H](CCC4=CC(=O)C=C[C@@]43CI)[C@@H]1CCC2=O.